The van der Waals surface area contributed by atoms with Gasteiger partial charge in [0.25, 0.3) is 0 Å². The first-order valence-corrected chi connectivity index (χ1v) is 12.2. The van der Waals surface area contributed by atoms with Crippen LogP contribution in [0.25, 0.3) is 0 Å². The third-order valence-electron chi connectivity index (χ3n) is 5.35. The molecule has 0 amide bonds. The van der Waals surface area contributed by atoms with E-state index in [4.69, 9.17) is 20.4 Å². The summed E-state index contributed by atoms with van der Waals surface area (Å²) in [6.45, 7) is 3.47. The molecule has 0 fully saturated rings. The van der Waals surface area contributed by atoms with Crippen LogP contribution in [0.15, 0.2) is 30.6 Å². The second-order valence-corrected chi connectivity index (χ2v) is 8.28. The van der Waals surface area contributed by atoms with Crippen molar-refractivity contribution in [3.8, 4) is 0 Å². The molecule has 2 unspecified atom stereocenters. The van der Waals surface area contributed by atoms with Crippen LogP contribution in [0.4, 0.5) is 0 Å². The molecule has 1 radical (unpaired) electrons. The van der Waals surface area contributed by atoms with Crippen molar-refractivity contribution in [1.29, 1.82) is 0 Å². The molecule has 0 aliphatic rings. The van der Waals surface area contributed by atoms with Crippen LogP contribution in [0, 0.1) is 0 Å². The number of aromatic nitrogens is 1. The second kappa shape index (κ2) is 26.5. The summed E-state index contributed by atoms with van der Waals surface area (Å²) in [6.07, 6.45) is 19.9. The summed E-state index contributed by atoms with van der Waals surface area (Å²) in [5, 5.41) is 32.5. The van der Waals surface area contributed by atoms with Gasteiger partial charge in [-0.2, -0.15) is 0 Å². The topological polar surface area (TPSA) is 119 Å². The molecule has 0 aliphatic carbocycles. The Morgan fingerprint density at radius 3 is 1.29 bits per heavy atom. The van der Waals surface area contributed by atoms with Crippen molar-refractivity contribution in [2.75, 3.05) is 0 Å². The number of aryl methyl sites for hydroxylation is 1. The van der Waals surface area contributed by atoms with Crippen molar-refractivity contribution in [2.45, 2.75) is 116 Å². The number of hydrogen-bond acceptors (Lipinski definition) is 4. The van der Waals surface area contributed by atoms with Gasteiger partial charge in [-0.1, -0.05) is 90.0 Å². The number of carboxylic acids is 2. The summed E-state index contributed by atoms with van der Waals surface area (Å²) in [5.74, 6) is -3.54. The molecule has 0 bridgehead atoms. The fraction of sp³-hybridized carbons (Fsp3) is 0.720. The summed E-state index contributed by atoms with van der Waals surface area (Å²) in [6, 6.07) is 6.31. The van der Waals surface area contributed by atoms with E-state index in [9.17, 15) is 9.59 Å². The molecule has 0 saturated heterocycles. The van der Waals surface area contributed by atoms with Crippen molar-refractivity contribution in [1.82, 2.24) is 0 Å². The van der Waals surface area contributed by atoms with E-state index in [0.717, 1.165) is 0 Å². The van der Waals surface area contributed by atoms with Gasteiger partial charge in [0.15, 0.2) is 24.6 Å². The number of aliphatic hydroxyl groups excluding tert-OH is 2. The number of pyridine rings is 1. The first-order valence-electron chi connectivity index (χ1n) is 12.2. The van der Waals surface area contributed by atoms with Gasteiger partial charge in [-0.05, 0) is 6.42 Å². The molecule has 9 heteroatoms. The average Bonchev–Trinajstić information content (AvgIpc) is 2.79. The Balaban J connectivity index is -0.000000685. The van der Waals surface area contributed by atoms with E-state index in [1.165, 1.54) is 96.4 Å². The number of aliphatic hydroxyl groups is 2. The van der Waals surface area contributed by atoms with Crippen LogP contribution in [0.3, 0.4) is 0 Å². The standard InChI is InChI=1S/C21H38N.C4H6O6.FH.Na/c1-2-3-4-5-6-7-8-9-10-11-12-13-14-16-19-22-20-17-15-18-21-22;5-1(3(7)8)2(6)4(9)10;;/h15,17-18,20-21H,2-14,16,19H2,1H3;1-2,5-6H,(H,7,8)(H,9,10);1H;/q+1;;;/p-1. The molecule has 0 aromatic carbocycles. The second-order valence-electron chi connectivity index (χ2n) is 8.28. The van der Waals surface area contributed by atoms with Gasteiger partial charge in [-0.25, -0.2) is 14.2 Å². The zero-order valence-electron chi connectivity index (χ0n) is 21.1. The van der Waals surface area contributed by atoms with Crippen LogP contribution in [0.5, 0.6) is 0 Å². The summed E-state index contributed by atoms with van der Waals surface area (Å²) < 4.78 is 2.29. The minimum atomic E-state index is -2.27. The molecule has 1 heterocycles. The number of rotatable bonds is 18. The van der Waals surface area contributed by atoms with E-state index in [1.54, 1.807) is 0 Å². The molecule has 7 nitrogen and oxygen atoms in total. The summed E-state index contributed by atoms with van der Waals surface area (Å²) in [7, 11) is 0. The predicted molar refractivity (Wildman–Crippen MR) is 130 cm³/mol. The third-order valence-corrected chi connectivity index (χ3v) is 5.35. The maximum absolute atomic E-state index is 9.77. The zero-order valence-corrected chi connectivity index (χ0v) is 23.1. The SMILES string of the molecule is CCCCCCCCCCCCCCCC[n+]1ccccc1.O=C(O)C(O)C(O)C(=O)O.[F-].[Na]. The Labute approximate surface area is 226 Å². The molecule has 1 aromatic heterocycles. The maximum atomic E-state index is 9.77. The minimum absolute atomic E-state index is 0. The van der Waals surface area contributed by atoms with Gasteiger partial charge in [0.05, 0.1) is 0 Å². The van der Waals surface area contributed by atoms with E-state index in [-0.39, 0.29) is 34.3 Å². The van der Waals surface area contributed by atoms with Crippen LogP contribution < -0.4 is 9.27 Å². The molecule has 4 N–H and O–H groups in total. The van der Waals surface area contributed by atoms with E-state index in [1.807, 2.05) is 0 Å². The van der Waals surface area contributed by atoms with Crippen LogP contribution in [-0.2, 0) is 16.1 Å². The quantitative estimate of drug-likeness (QED) is 0.137. The fourth-order valence-electron chi connectivity index (χ4n) is 3.34. The van der Waals surface area contributed by atoms with Gasteiger partial charge in [-0.15, -0.1) is 0 Å². The number of aliphatic carboxylic acids is 2. The number of carboxylic acid groups (broad SMARTS) is 2. The molecular formula is C25H44FNNaO6. The van der Waals surface area contributed by atoms with E-state index >= 15 is 0 Å². The monoisotopic (exact) mass is 496 g/mol. The van der Waals surface area contributed by atoms with E-state index in [0.29, 0.717) is 0 Å². The molecule has 1 aromatic rings. The average molecular weight is 497 g/mol. The summed E-state index contributed by atoms with van der Waals surface area (Å²) >= 11 is 0. The molecule has 0 saturated carbocycles. The van der Waals surface area contributed by atoms with Gasteiger partial charge in [0.1, 0.15) is 6.54 Å². The molecule has 0 spiro atoms. The summed E-state index contributed by atoms with van der Waals surface area (Å²) in [5.41, 5.74) is 0. The smallest absolute Gasteiger partial charge is 0.335 e. The number of halogens is 1. The molecular weight excluding hydrogens is 452 g/mol. The van der Waals surface area contributed by atoms with Gasteiger partial charge >= 0.3 is 11.9 Å². The van der Waals surface area contributed by atoms with Gasteiger partial charge in [0.2, 0.25) is 0 Å². The minimum Gasteiger partial charge on any atom is -1.00 e. The van der Waals surface area contributed by atoms with E-state index in [2.05, 4.69) is 42.1 Å². The number of carbonyl (C=O) groups is 2. The maximum Gasteiger partial charge on any atom is 0.335 e. The van der Waals surface area contributed by atoms with Crippen LogP contribution >= 0.6 is 0 Å². The van der Waals surface area contributed by atoms with Crippen LogP contribution in [0.2, 0.25) is 0 Å². The number of hydrogen-bond donors (Lipinski definition) is 4. The fourth-order valence-corrected chi connectivity index (χ4v) is 3.34. The Hall–Kier alpha value is -1.06. The van der Waals surface area contributed by atoms with Gasteiger partial charge in [-0.3, -0.25) is 0 Å². The van der Waals surface area contributed by atoms with Crippen molar-refractivity contribution in [3.63, 3.8) is 0 Å². The molecule has 1 rings (SSSR count). The first kappa shape index (κ1) is 37.5. The Bertz CT molecular complexity index is 576. The number of nitrogens with zero attached hydrogens (tertiary/aromatic N) is 1. The van der Waals surface area contributed by atoms with Crippen molar-refractivity contribution < 1.29 is 39.3 Å². The Morgan fingerprint density at radius 1 is 0.647 bits per heavy atom. The van der Waals surface area contributed by atoms with Gasteiger partial charge in [0, 0.05) is 48.1 Å². The molecule has 2 atom stereocenters. The van der Waals surface area contributed by atoms with Crippen molar-refractivity contribution in [3.05, 3.63) is 30.6 Å². The first-order chi connectivity index (χ1) is 15.4. The molecule has 34 heavy (non-hydrogen) atoms. The van der Waals surface area contributed by atoms with Crippen LogP contribution in [0.1, 0.15) is 96.8 Å². The third kappa shape index (κ3) is 22.7. The number of unbranched alkanes of at least 4 members (excludes halogenated alkanes) is 13. The summed E-state index contributed by atoms with van der Waals surface area (Å²) in [4.78, 5) is 19.5. The largest absolute Gasteiger partial charge is 1.00 e. The Kier molecular flexibility index (Phi) is 29.3. The predicted octanol–water partition coefficient (Wildman–Crippen LogP) is 0.956. The molecule has 193 valence electrons. The zero-order chi connectivity index (χ0) is 24.0. The van der Waals surface area contributed by atoms with Gasteiger partial charge < -0.3 is 25.1 Å². The van der Waals surface area contributed by atoms with Crippen molar-refractivity contribution >= 4 is 41.5 Å². The van der Waals surface area contributed by atoms with Crippen LogP contribution in [-0.4, -0.2) is 74.1 Å². The Morgan fingerprint density at radius 2 is 0.971 bits per heavy atom. The van der Waals surface area contributed by atoms with E-state index < -0.39 is 24.1 Å². The molecule has 0 aliphatic heterocycles. The van der Waals surface area contributed by atoms with Crippen molar-refractivity contribution in [2.24, 2.45) is 0 Å². The normalized spacial score (nSPS) is 11.7.